The van der Waals surface area contributed by atoms with Crippen LogP contribution in [0.4, 0.5) is 0 Å². The van der Waals surface area contributed by atoms with Crippen molar-refractivity contribution in [2.75, 3.05) is 0 Å². The number of rotatable bonds is 1. The van der Waals surface area contributed by atoms with Crippen LogP contribution < -0.4 is 0 Å². The highest BCUT2D eigenvalue weighted by Gasteiger charge is 2.63. The zero-order chi connectivity index (χ0) is 17.3. The van der Waals surface area contributed by atoms with Gasteiger partial charge in [-0.2, -0.15) is 0 Å². The summed E-state index contributed by atoms with van der Waals surface area (Å²) in [6.45, 7) is 6.43. The molecule has 0 amide bonds. The van der Waals surface area contributed by atoms with Gasteiger partial charge in [-0.25, -0.2) is 0 Å². The lowest BCUT2D eigenvalue weighted by atomic mass is 9.44. The van der Waals surface area contributed by atoms with Crippen LogP contribution >= 0.6 is 0 Å². The van der Waals surface area contributed by atoms with Gasteiger partial charge in [-0.15, -0.1) is 0 Å². The summed E-state index contributed by atoms with van der Waals surface area (Å²) in [5.41, 5.74) is 0.182. The van der Waals surface area contributed by atoms with Gasteiger partial charge < -0.3 is 10.2 Å². The molecule has 3 nitrogen and oxygen atoms in total. The molecule has 0 spiro atoms. The van der Waals surface area contributed by atoms with E-state index in [1.165, 1.54) is 12.8 Å². The third kappa shape index (κ3) is 2.19. The first kappa shape index (κ1) is 17.0. The maximum Gasteiger partial charge on any atom is 0.133 e. The fourth-order valence-corrected chi connectivity index (χ4v) is 8.03. The summed E-state index contributed by atoms with van der Waals surface area (Å²) in [4.78, 5) is 12.2. The second-order valence-electron chi connectivity index (χ2n) is 10.0. The van der Waals surface area contributed by atoms with Crippen LogP contribution in [0.15, 0.2) is 0 Å². The van der Waals surface area contributed by atoms with Crippen LogP contribution in [-0.4, -0.2) is 28.2 Å². The van der Waals surface area contributed by atoms with Gasteiger partial charge in [0, 0.05) is 5.92 Å². The first-order valence-electron chi connectivity index (χ1n) is 10.1. The van der Waals surface area contributed by atoms with E-state index in [4.69, 9.17) is 0 Å². The molecule has 2 N–H and O–H groups in total. The highest BCUT2D eigenvalue weighted by Crippen LogP contribution is 2.67. The van der Waals surface area contributed by atoms with Gasteiger partial charge in [-0.05, 0) is 92.8 Å². The van der Waals surface area contributed by atoms with E-state index in [9.17, 15) is 15.0 Å². The molecular weight excluding hydrogens is 300 g/mol. The maximum atomic E-state index is 12.2. The standard InChI is InChI=1S/C21H34O3/c1-12(22)16-6-7-17-15-5-4-13-10-14(23)8-9-20(13,2)19(15)18(24)11-21(16,17)3/h13-19,23-24H,4-11H2,1-3H3/t13-,14-,15+,16-,17+,18-,19?,20+,21-/m1/s1. The van der Waals surface area contributed by atoms with Crippen molar-refractivity contribution in [2.45, 2.75) is 84.3 Å². The normalized spacial score (nSPS) is 57.0. The van der Waals surface area contributed by atoms with Crippen LogP contribution in [0.25, 0.3) is 0 Å². The highest BCUT2D eigenvalue weighted by molar-refractivity contribution is 5.79. The fourth-order valence-electron chi connectivity index (χ4n) is 8.03. The lowest BCUT2D eigenvalue weighted by Crippen LogP contribution is -2.59. The van der Waals surface area contributed by atoms with Gasteiger partial charge >= 0.3 is 0 Å². The highest BCUT2D eigenvalue weighted by atomic mass is 16.3. The van der Waals surface area contributed by atoms with Crippen molar-refractivity contribution in [3.8, 4) is 0 Å². The van der Waals surface area contributed by atoms with Gasteiger partial charge in [0.1, 0.15) is 5.78 Å². The van der Waals surface area contributed by atoms with Gasteiger partial charge in [0.25, 0.3) is 0 Å². The molecule has 4 aliphatic rings. The molecule has 0 aromatic carbocycles. The average molecular weight is 335 g/mol. The second-order valence-corrected chi connectivity index (χ2v) is 10.0. The number of aliphatic hydroxyl groups is 2. The van der Waals surface area contributed by atoms with Crippen molar-refractivity contribution in [1.29, 1.82) is 0 Å². The van der Waals surface area contributed by atoms with Crippen molar-refractivity contribution in [3.05, 3.63) is 0 Å². The van der Waals surface area contributed by atoms with E-state index in [1.807, 2.05) is 0 Å². The predicted molar refractivity (Wildman–Crippen MR) is 93.3 cm³/mol. The molecule has 0 saturated heterocycles. The van der Waals surface area contributed by atoms with Crippen LogP contribution in [0, 0.1) is 40.4 Å². The predicted octanol–water partition coefficient (Wildman–Crippen LogP) is 3.57. The fraction of sp³-hybridized carbons (Fsp3) is 0.952. The van der Waals surface area contributed by atoms with Gasteiger partial charge in [-0.3, -0.25) is 4.79 Å². The van der Waals surface area contributed by atoms with Crippen molar-refractivity contribution < 1.29 is 15.0 Å². The zero-order valence-electron chi connectivity index (χ0n) is 15.5. The third-order valence-electron chi connectivity index (χ3n) is 9.06. The third-order valence-corrected chi connectivity index (χ3v) is 9.06. The molecule has 3 heteroatoms. The molecule has 0 aromatic rings. The first-order chi connectivity index (χ1) is 11.3. The number of hydrogen-bond donors (Lipinski definition) is 2. The van der Waals surface area contributed by atoms with Crippen LogP contribution in [0.5, 0.6) is 0 Å². The average Bonchev–Trinajstić information content (AvgIpc) is 2.84. The maximum absolute atomic E-state index is 12.2. The van der Waals surface area contributed by atoms with E-state index in [2.05, 4.69) is 13.8 Å². The van der Waals surface area contributed by atoms with Crippen molar-refractivity contribution in [2.24, 2.45) is 40.4 Å². The summed E-state index contributed by atoms with van der Waals surface area (Å²) in [7, 11) is 0. The Kier molecular flexibility index (Phi) is 3.93. The molecule has 4 fully saturated rings. The monoisotopic (exact) mass is 334 g/mol. The number of carbonyl (C=O) groups excluding carboxylic acids is 1. The van der Waals surface area contributed by atoms with Crippen LogP contribution in [0.3, 0.4) is 0 Å². The first-order valence-corrected chi connectivity index (χ1v) is 10.1. The van der Waals surface area contributed by atoms with E-state index < -0.39 is 0 Å². The molecule has 136 valence electrons. The van der Waals surface area contributed by atoms with Crippen LogP contribution in [0.2, 0.25) is 0 Å². The lowest BCUT2D eigenvalue weighted by Gasteiger charge is -2.62. The summed E-state index contributed by atoms with van der Waals surface area (Å²) in [6.07, 6.45) is 7.80. The molecule has 0 aromatic heterocycles. The minimum Gasteiger partial charge on any atom is -0.393 e. The molecule has 9 atom stereocenters. The molecule has 0 heterocycles. The SMILES string of the molecule is CC(=O)[C@H]1CC[C@H]2[C@@H]3CC[C@@H]4C[C@H](O)CC[C@]4(C)C3[C@H](O)C[C@]12C. The minimum absolute atomic E-state index is 0.00376. The van der Waals surface area contributed by atoms with Gasteiger partial charge in [-0.1, -0.05) is 13.8 Å². The molecule has 1 unspecified atom stereocenters. The quantitative estimate of drug-likeness (QED) is 0.771. The van der Waals surface area contributed by atoms with Crippen molar-refractivity contribution in [3.63, 3.8) is 0 Å². The van der Waals surface area contributed by atoms with Crippen molar-refractivity contribution in [1.82, 2.24) is 0 Å². The Morgan fingerprint density at radius 2 is 1.75 bits per heavy atom. The number of ketones is 1. The Balaban J connectivity index is 1.67. The zero-order valence-corrected chi connectivity index (χ0v) is 15.5. The number of aliphatic hydroxyl groups excluding tert-OH is 2. The van der Waals surface area contributed by atoms with Gasteiger partial charge in [0.2, 0.25) is 0 Å². The summed E-state index contributed by atoms with van der Waals surface area (Å²) >= 11 is 0. The Hall–Kier alpha value is -0.410. The van der Waals surface area contributed by atoms with Gasteiger partial charge in [0.05, 0.1) is 12.2 Å². The summed E-state index contributed by atoms with van der Waals surface area (Å²) in [6, 6.07) is 0. The van der Waals surface area contributed by atoms with Crippen LogP contribution in [-0.2, 0) is 4.79 Å². The smallest absolute Gasteiger partial charge is 0.133 e. The van der Waals surface area contributed by atoms with E-state index in [0.29, 0.717) is 29.5 Å². The summed E-state index contributed by atoms with van der Waals surface area (Å²) in [5.74, 6) is 2.58. The molecule has 4 saturated carbocycles. The van der Waals surface area contributed by atoms with E-state index in [0.717, 1.165) is 38.5 Å². The van der Waals surface area contributed by atoms with E-state index in [-0.39, 0.29) is 29.0 Å². The molecule has 24 heavy (non-hydrogen) atoms. The molecule has 4 aliphatic carbocycles. The van der Waals surface area contributed by atoms with Crippen molar-refractivity contribution >= 4 is 5.78 Å². The minimum atomic E-state index is -0.278. The number of fused-ring (bicyclic) bond motifs is 5. The number of hydrogen-bond acceptors (Lipinski definition) is 3. The topological polar surface area (TPSA) is 57.5 Å². The molecule has 4 rings (SSSR count). The summed E-state index contributed by atoms with van der Waals surface area (Å²) < 4.78 is 0. The van der Waals surface area contributed by atoms with Crippen LogP contribution in [0.1, 0.15) is 72.1 Å². The Morgan fingerprint density at radius 1 is 1.00 bits per heavy atom. The largest absolute Gasteiger partial charge is 0.393 e. The molecule has 0 radical (unpaired) electrons. The lowest BCUT2D eigenvalue weighted by molar-refractivity contribution is -0.178. The number of Topliss-reactive ketones (excluding diaryl/α,β-unsaturated/α-hetero) is 1. The Bertz CT molecular complexity index is 531. The molecular formula is C21H34O3. The Labute approximate surface area is 146 Å². The summed E-state index contributed by atoms with van der Waals surface area (Å²) in [5, 5.41) is 21.3. The second kappa shape index (κ2) is 5.54. The molecule has 0 bridgehead atoms. The van der Waals surface area contributed by atoms with Gasteiger partial charge in [0.15, 0.2) is 0 Å². The van der Waals surface area contributed by atoms with E-state index in [1.54, 1.807) is 6.92 Å². The Morgan fingerprint density at radius 3 is 2.46 bits per heavy atom. The van der Waals surface area contributed by atoms with E-state index >= 15 is 0 Å². The number of carbonyl (C=O) groups is 1. The molecule has 0 aliphatic heterocycles.